The van der Waals surface area contributed by atoms with Crippen molar-refractivity contribution in [3.05, 3.63) is 33.9 Å². The third-order valence-corrected chi connectivity index (χ3v) is 3.69. The first-order valence-electron chi connectivity index (χ1n) is 6.22. The van der Waals surface area contributed by atoms with Crippen LogP contribution in [0, 0.1) is 27.7 Å². The van der Waals surface area contributed by atoms with E-state index in [0.29, 0.717) is 0 Å². The smallest absolute Gasteiger partial charge is 0.180 e. The van der Waals surface area contributed by atoms with Crippen LogP contribution in [0.25, 0.3) is 0 Å². The molecule has 2 heteroatoms. The van der Waals surface area contributed by atoms with Gasteiger partial charge >= 0.3 is 0 Å². The lowest BCUT2D eigenvalue weighted by Gasteiger charge is -2.19. The van der Waals surface area contributed by atoms with Crippen molar-refractivity contribution in [3.63, 3.8) is 0 Å². The van der Waals surface area contributed by atoms with Crippen LogP contribution in [0.5, 0.6) is 0 Å². The van der Waals surface area contributed by atoms with Crippen molar-refractivity contribution in [2.24, 2.45) is 0 Å². The van der Waals surface area contributed by atoms with Gasteiger partial charge in [0.2, 0.25) is 0 Å². The molecule has 94 valence electrons. The van der Waals surface area contributed by atoms with Gasteiger partial charge in [0.05, 0.1) is 6.04 Å². The third kappa shape index (κ3) is 2.58. The quantitative estimate of drug-likeness (QED) is 0.810. The minimum Gasteiger partial charge on any atom is -0.310 e. The lowest BCUT2D eigenvalue weighted by Crippen LogP contribution is -2.34. The summed E-state index contributed by atoms with van der Waals surface area (Å²) in [7, 11) is 1.85. The number of Topliss-reactive ketones (excluding diaryl/α,β-unsaturated/α-hetero) is 1. The summed E-state index contributed by atoms with van der Waals surface area (Å²) >= 11 is 0. The zero-order valence-corrected chi connectivity index (χ0v) is 11.8. The zero-order valence-electron chi connectivity index (χ0n) is 11.8. The Morgan fingerprint density at radius 2 is 1.65 bits per heavy atom. The maximum atomic E-state index is 12.5. The molecule has 1 N–H and O–H groups in total. The van der Waals surface area contributed by atoms with Gasteiger partial charge in [-0.25, -0.2) is 0 Å². The molecule has 0 heterocycles. The van der Waals surface area contributed by atoms with Crippen LogP contribution in [-0.2, 0) is 0 Å². The van der Waals surface area contributed by atoms with E-state index in [1.165, 1.54) is 11.1 Å². The van der Waals surface area contributed by atoms with Crippen LogP contribution in [-0.4, -0.2) is 18.9 Å². The summed E-state index contributed by atoms with van der Waals surface area (Å²) < 4.78 is 0. The second kappa shape index (κ2) is 5.46. The molecule has 1 rings (SSSR count). The van der Waals surface area contributed by atoms with E-state index >= 15 is 0 Å². The zero-order chi connectivity index (χ0) is 13.2. The molecule has 0 aliphatic carbocycles. The summed E-state index contributed by atoms with van der Waals surface area (Å²) in [6.45, 7) is 10.2. The molecular formula is C15H23NO. The number of carbonyl (C=O) groups excluding carboxylic acids is 1. The molecule has 0 bridgehead atoms. The van der Waals surface area contributed by atoms with Crippen molar-refractivity contribution >= 4 is 5.78 Å². The molecule has 0 saturated heterocycles. The lowest BCUT2D eigenvalue weighted by molar-refractivity contribution is 0.0943. The predicted molar refractivity (Wildman–Crippen MR) is 72.9 cm³/mol. The summed E-state index contributed by atoms with van der Waals surface area (Å²) in [5.41, 5.74) is 5.53. The van der Waals surface area contributed by atoms with Crippen LogP contribution in [0.3, 0.4) is 0 Å². The summed E-state index contributed by atoms with van der Waals surface area (Å²) in [4.78, 5) is 12.5. The summed E-state index contributed by atoms with van der Waals surface area (Å²) in [6, 6.07) is 2.08. The van der Waals surface area contributed by atoms with Gasteiger partial charge in [0.1, 0.15) is 0 Å². The highest BCUT2D eigenvalue weighted by Gasteiger charge is 2.21. The van der Waals surface area contributed by atoms with Crippen LogP contribution in [0.2, 0.25) is 0 Å². The first-order chi connectivity index (χ1) is 7.93. The molecule has 0 saturated carbocycles. The van der Waals surface area contributed by atoms with Crippen molar-refractivity contribution in [3.8, 4) is 0 Å². The Morgan fingerprint density at radius 1 is 1.18 bits per heavy atom. The number of likely N-dealkylation sites (N-methyl/N-ethyl adjacent to an activating group) is 1. The van der Waals surface area contributed by atoms with E-state index in [2.05, 4.69) is 25.2 Å². The van der Waals surface area contributed by atoms with Crippen molar-refractivity contribution in [2.75, 3.05) is 7.05 Å². The molecule has 17 heavy (non-hydrogen) atoms. The Bertz CT molecular complexity index is 405. The highest BCUT2D eigenvalue weighted by Crippen LogP contribution is 2.23. The van der Waals surface area contributed by atoms with Gasteiger partial charge in [-0.2, -0.15) is 0 Å². The van der Waals surface area contributed by atoms with Crippen LogP contribution in [0.4, 0.5) is 0 Å². The van der Waals surface area contributed by atoms with Crippen LogP contribution in [0.15, 0.2) is 6.07 Å². The van der Waals surface area contributed by atoms with Gasteiger partial charge in [-0.15, -0.1) is 0 Å². The number of hydrogen-bond acceptors (Lipinski definition) is 2. The molecule has 0 spiro atoms. The Labute approximate surface area is 104 Å². The molecule has 1 aromatic carbocycles. The highest BCUT2D eigenvalue weighted by molar-refractivity contribution is 6.03. The summed E-state index contributed by atoms with van der Waals surface area (Å²) in [6.07, 6.45) is 0.821. The molecule has 0 amide bonds. The van der Waals surface area contributed by atoms with E-state index in [1.807, 2.05) is 27.8 Å². The van der Waals surface area contributed by atoms with E-state index < -0.39 is 0 Å². The average molecular weight is 233 g/mol. The van der Waals surface area contributed by atoms with E-state index in [4.69, 9.17) is 0 Å². The van der Waals surface area contributed by atoms with E-state index in [1.54, 1.807) is 0 Å². The second-order valence-corrected chi connectivity index (χ2v) is 4.75. The van der Waals surface area contributed by atoms with Gasteiger partial charge in [-0.1, -0.05) is 13.0 Å². The number of hydrogen-bond donors (Lipinski definition) is 1. The Balaban J connectivity index is 3.35. The maximum Gasteiger partial charge on any atom is 0.180 e. The Morgan fingerprint density at radius 3 is 2.00 bits per heavy atom. The van der Waals surface area contributed by atoms with Gasteiger partial charge in [0, 0.05) is 5.56 Å². The molecule has 0 aliphatic heterocycles. The van der Waals surface area contributed by atoms with Crippen LogP contribution >= 0.6 is 0 Å². The van der Waals surface area contributed by atoms with Crippen LogP contribution in [0.1, 0.15) is 46.0 Å². The lowest BCUT2D eigenvalue weighted by atomic mass is 9.89. The molecular weight excluding hydrogens is 210 g/mol. The Kier molecular flexibility index (Phi) is 4.47. The van der Waals surface area contributed by atoms with E-state index in [-0.39, 0.29) is 11.8 Å². The first-order valence-corrected chi connectivity index (χ1v) is 6.22. The van der Waals surface area contributed by atoms with Crippen molar-refractivity contribution in [2.45, 2.75) is 47.1 Å². The minimum absolute atomic E-state index is 0.0754. The highest BCUT2D eigenvalue weighted by atomic mass is 16.1. The van der Waals surface area contributed by atoms with Crippen molar-refractivity contribution < 1.29 is 4.79 Å². The number of ketones is 1. The van der Waals surface area contributed by atoms with Gasteiger partial charge in [-0.05, 0) is 63.4 Å². The summed E-state index contributed by atoms with van der Waals surface area (Å²) in [5.74, 6) is 0.219. The van der Waals surface area contributed by atoms with E-state index in [9.17, 15) is 4.79 Å². The number of rotatable bonds is 4. The molecule has 1 unspecified atom stereocenters. The monoisotopic (exact) mass is 233 g/mol. The number of carbonyl (C=O) groups is 1. The SMILES string of the molecule is CCC(NC)C(=O)c1c(C)c(C)cc(C)c1C. The molecule has 0 aromatic heterocycles. The van der Waals surface area contributed by atoms with Crippen molar-refractivity contribution in [1.29, 1.82) is 0 Å². The summed E-state index contributed by atoms with van der Waals surface area (Å²) in [5, 5.41) is 3.09. The Hall–Kier alpha value is -1.15. The van der Waals surface area contributed by atoms with Gasteiger partial charge < -0.3 is 5.32 Å². The molecule has 0 aliphatic rings. The van der Waals surface area contributed by atoms with Gasteiger partial charge in [-0.3, -0.25) is 4.79 Å². The largest absolute Gasteiger partial charge is 0.310 e. The van der Waals surface area contributed by atoms with Crippen LogP contribution < -0.4 is 5.32 Å². The normalized spacial score (nSPS) is 12.6. The second-order valence-electron chi connectivity index (χ2n) is 4.75. The molecule has 1 aromatic rings. The predicted octanol–water partition coefficient (Wildman–Crippen LogP) is 3.10. The molecule has 0 radical (unpaired) electrons. The fraction of sp³-hybridized carbons (Fsp3) is 0.533. The number of nitrogens with one attached hydrogen (secondary N) is 1. The fourth-order valence-corrected chi connectivity index (χ4v) is 2.28. The number of aryl methyl sites for hydroxylation is 2. The molecule has 0 fully saturated rings. The number of benzene rings is 1. The standard InChI is InChI=1S/C15H23NO/c1-7-13(16-6)15(17)14-11(4)9(2)8-10(3)12(14)5/h8,13,16H,7H2,1-6H3. The minimum atomic E-state index is -0.0754. The fourth-order valence-electron chi connectivity index (χ4n) is 2.28. The van der Waals surface area contributed by atoms with Gasteiger partial charge in [0.15, 0.2) is 5.78 Å². The van der Waals surface area contributed by atoms with E-state index in [0.717, 1.165) is 23.1 Å². The molecule has 1 atom stereocenters. The third-order valence-electron chi connectivity index (χ3n) is 3.69. The first kappa shape index (κ1) is 13.9. The average Bonchev–Trinajstić information content (AvgIpc) is 2.28. The van der Waals surface area contributed by atoms with Gasteiger partial charge in [0.25, 0.3) is 0 Å². The topological polar surface area (TPSA) is 29.1 Å². The van der Waals surface area contributed by atoms with Crippen molar-refractivity contribution in [1.82, 2.24) is 5.32 Å². The molecule has 2 nitrogen and oxygen atoms in total. The maximum absolute atomic E-state index is 12.5.